The second-order valence-electron chi connectivity index (χ2n) is 6.46. The van der Waals surface area contributed by atoms with Gasteiger partial charge in [0, 0.05) is 19.2 Å². The first-order chi connectivity index (χ1) is 11.7. The average Bonchev–Trinajstić information content (AvgIpc) is 3.01. The van der Waals surface area contributed by atoms with Crippen LogP contribution in [0.5, 0.6) is 5.75 Å². The maximum Gasteiger partial charge on any atom is 0.311 e. The van der Waals surface area contributed by atoms with Crippen molar-refractivity contribution in [1.29, 1.82) is 0 Å². The Labute approximate surface area is 145 Å². The van der Waals surface area contributed by atoms with Crippen LogP contribution in [0.1, 0.15) is 37.6 Å². The molecule has 0 aromatic heterocycles. The zero-order valence-corrected chi connectivity index (χ0v) is 14.5. The number of carbonyl (C=O) groups excluding carboxylic acids is 1. The molecule has 1 atom stereocenters. The number of amides is 1. The molecule has 0 saturated carbocycles. The third-order valence-corrected chi connectivity index (χ3v) is 4.83. The second-order valence-corrected chi connectivity index (χ2v) is 6.46. The largest absolute Gasteiger partial charge is 0.494 e. The number of ether oxygens (including phenoxy) is 1. The van der Waals surface area contributed by atoms with E-state index in [0.717, 1.165) is 0 Å². The molecular formula is C17H22N2O6. The molecule has 1 N–H and O–H groups in total. The Hall–Kier alpha value is -2.64. The summed E-state index contributed by atoms with van der Waals surface area (Å²) in [5.41, 5.74) is -1.42. The molecule has 1 heterocycles. The zero-order chi connectivity index (χ0) is 18.8. The van der Waals surface area contributed by atoms with Crippen molar-refractivity contribution in [3.63, 3.8) is 0 Å². The van der Waals surface area contributed by atoms with Gasteiger partial charge in [0.1, 0.15) is 11.3 Å². The fourth-order valence-electron chi connectivity index (χ4n) is 3.17. The first kappa shape index (κ1) is 18.7. The predicted octanol–water partition coefficient (Wildman–Crippen LogP) is 2.57. The fraction of sp³-hybridized carbons (Fsp3) is 0.529. The molecule has 8 nitrogen and oxygen atoms in total. The average molecular weight is 350 g/mol. The summed E-state index contributed by atoms with van der Waals surface area (Å²) in [5, 5.41) is 20.8. The lowest BCUT2D eigenvalue weighted by Gasteiger charge is -2.28. The zero-order valence-electron chi connectivity index (χ0n) is 14.5. The number of likely N-dealkylation sites (tertiary alicyclic amines) is 1. The molecule has 0 aliphatic carbocycles. The quantitative estimate of drug-likeness (QED) is 0.623. The van der Waals surface area contributed by atoms with Gasteiger partial charge in [0.25, 0.3) is 11.6 Å². The van der Waals surface area contributed by atoms with E-state index in [1.165, 1.54) is 23.1 Å². The number of carboxylic acids is 1. The summed E-state index contributed by atoms with van der Waals surface area (Å²) >= 11 is 0. The molecular weight excluding hydrogens is 328 g/mol. The van der Waals surface area contributed by atoms with Gasteiger partial charge in [-0.3, -0.25) is 19.7 Å². The first-order valence-electron chi connectivity index (χ1n) is 8.17. The lowest BCUT2D eigenvalue weighted by atomic mass is 9.76. The van der Waals surface area contributed by atoms with Gasteiger partial charge in [-0.15, -0.1) is 0 Å². The van der Waals surface area contributed by atoms with E-state index >= 15 is 0 Å². The summed E-state index contributed by atoms with van der Waals surface area (Å²) in [6.45, 7) is 6.03. The Morgan fingerprint density at radius 2 is 2.12 bits per heavy atom. The molecule has 1 aromatic rings. The molecule has 1 aliphatic rings. The third-order valence-electron chi connectivity index (χ3n) is 4.83. The van der Waals surface area contributed by atoms with E-state index in [9.17, 15) is 24.8 Å². The van der Waals surface area contributed by atoms with Gasteiger partial charge >= 0.3 is 5.97 Å². The van der Waals surface area contributed by atoms with Crippen molar-refractivity contribution in [3.8, 4) is 5.75 Å². The number of carboxylic acid groups (broad SMARTS) is 1. The SMILES string of the molecule is CCOc1ccc([N+](=O)[O-])c(C(=O)N2CCC(C(=O)O)(C(C)C)C2)c1. The highest BCUT2D eigenvalue weighted by atomic mass is 16.6. The van der Waals surface area contributed by atoms with Crippen molar-refractivity contribution in [1.82, 2.24) is 4.90 Å². The molecule has 0 radical (unpaired) electrons. The maximum absolute atomic E-state index is 12.8. The standard InChI is InChI=1S/C17H22N2O6/c1-4-25-12-5-6-14(19(23)24)13(9-12)15(20)18-8-7-17(10-18,11(2)3)16(21)22/h5-6,9,11H,4,7-8,10H2,1-3H3,(H,21,22). The maximum atomic E-state index is 12.8. The number of nitrogens with zero attached hydrogens (tertiary/aromatic N) is 2. The molecule has 1 saturated heterocycles. The van der Waals surface area contributed by atoms with Crippen molar-refractivity contribution in [2.24, 2.45) is 11.3 Å². The summed E-state index contributed by atoms with van der Waals surface area (Å²) in [4.78, 5) is 36.6. The Balaban J connectivity index is 2.36. The van der Waals surface area contributed by atoms with Crippen LogP contribution in [-0.2, 0) is 4.79 Å². The van der Waals surface area contributed by atoms with E-state index in [2.05, 4.69) is 0 Å². The number of rotatable bonds is 6. The van der Waals surface area contributed by atoms with E-state index < -0.39 is 22.2 Å². The van der Waals surface area contributed by atoms with Crippen LogP contribution >= 0.6 is 0 Å². The number of hydrogen-bond acceptors (Lipinski definition) is 5. The Kier molecular flexibility index (Phi) is 5.30. The van der Waals surface area contributed by atoms with Gasteiger partial charge in [-0.05, 0) is 31.4 Å². The minimum Gasteiger partial charge on any atom is -0.494 e. The Morgan fingerprint density at radius 3 is 2.60 bits per heavy atom. The van der Waals surface area contributed by atoms with Crippen molar-refractivity contribution in [2.45, 2.75) is 27.2 Å². The van der Waals surface area contributed by atoms with Crippen LogP contribution in [0.15, 0.2) is 18.2 Å². The van der Waals surface area contributed by atoms with E-state index in [1.54, 1.807) is 20.8 Å². The van der Waals surface area contributed by atoms with E-state index in [0.29, 0.717) is 18.8 Å². The highest BCUT2D eigenvalue weighted by Gasteiger charge is 2.49. The van der Waals surface area contributed by atoms with E-state index in [4.69, 9.17) is 4.74 Å². The van der Waals surface area contributed by atoms with Gasteiger partial charge in [-0.25, -0.2) is 0 Å². The van der Waals surface area contributed by atoms with Crippen LogP contribution in [-0.4, -0.2) is 46.5 Å². The van der Waals surface area contributed by atoms with Crippen molar-refractivity contribution in [2.75, 3.05) is 19.7 Å². The summed E-state index contributed by atoms with van der Waals surface area (Å²) in [7, 11) is 0. The molecule has 1 fully saturated rings. The van der Waals surface area contributed by atoms with Gasteiger partial charge in [0.2, 0.25) is 0 Å². The van der Waals surface area contributed by atoms with Gasteiger partial charge in [0.05, 0.1) is 16.9 Å². The molecule has 25 heavy (non-hydrogen) atoms. The number of nitro groups is 1. The van der Waals surface area contributed by atoms with Gasteiger partial charge in [0.15, 0.2) is 0 Å². The molecule has 2 rings (SSSR count). The minimum absolute atomic E-state index is 0.0366. The molecule has 1 aromatic carbocycles. The monoisotopic (exact) mass is 350 g/mol. The highest BCUT2D eigenvalue weighted by Crippen LogP contribution is 2.39. The van der Waals surface area contributed by atoms with Crippen molar-refractivity contribution in [3.05, 3.63) is 33.9 Å². The number of hydrogen-bond donors (Lipinski definition) is 1. The number of benzene rings is 1. The summed E-state index contributed by atoms with van der Waals surface area (Å²) in [6, 6.07) is 4.03. The number of nitro benzene ring substituents is 1. The molecule has 136 valence electrons. The smallest absolute Gasteiger partial charge is 0.311 e. The van der Waals surface area contributed by atoms with Gasteiger partial charge in [-0.2, -0.15) is 0 Å². The molecule has 1 aliphatic heterocycles. The fourth-order valence-corrected chi connectivity index (χ4v) is 3.17. The summed E-state index contributed by atoms with van der Waals surface area (Å²) < 4.78 is 5.32. The number of carbonyl (C=O) groups is 2. The molecule has 0 bridgehead atoms. The lowest BCUT2D eigenvalue weighted by Crippen LogP contribution is -2.40. The Morgan fingerprint density at radius 1 is 1.44 bits per heavy atom. The lowest BCUT2D eigenvalue weighted by molar-refractivity contribution is -0.385. The molecule has 0 spiro atoms. The summed E-state index contributed by atoms with van der Waals surface area (Å²) in [6.07, 6.45) is 0.324. The van der Waals surface area contributed by atoms with Crippen LogP contribution in [0.2, 0.25) is 0 Å². The van der Waals surface area contributed by atoms with Crippen LogP contribution in [0.25, 0.3) is 0 Å². The first-order valence-corrected chi connectivity index (χ1v) is 8.17. The van der Waals surface area contributed by atoms with E-state index in [-0.39, 0.29) is 30.3 Å². The van der Waals surface area contributed by atoms with Crippen molar-refractivity contribution >= 4 is 17.6 Å². The van der Waals surface area contributed by atoms with Gasteiger partial charge in [-0.1, -0.05) is 13.8 Å². The van der Waals surface area contributed by atoms with Crippen LogP contribution < -0.4 is 4.74 Å². The van der Waals surface area contributed by atoms with Crippen LogP contribution in [0.4, 0.5) is 5.69 Å². The van der Waals surface area contributed by atoms with Crippen LogP contribution in [0.3, 0.4) is 0 Å². The minimum atomic E-state index is -1.03. The van der Waals surface area contributed by atoms with E-state index in [1.807, 2.05) is 0 Å². The topological polar surface area (TPSA) is 110 Å². The predicted molar refractivity (Wildman–Crippen MR) is 89.7 cm³/mol. The molecule has 1 unspecified atom stereocenters. The molecule has 1 amide bonds. The summed E-state index contributed by atoms with van der Waals surface area (Å²) in [5.74, 6) is -1.29. The normalized spacial score (nSPS) is 19.9. The molecule has 8 heteroatoms. The number of aliphatic carboxylic acids is 1. The second kappa shape index (κ2) is 7.08. The highest BCUT2D eigenvalue weighted by molar-refractivity contribution is 5.99. The van der Waals surface area contributed by atoms with Crippen molar-refractivity contribution < 1.29 is 24.4 Å². The van der Waals surface area contributed by atoms with Crippen LogP contribution in [0, 0.1) is 21.4 Å². The Bertz CT molecular complexity index is 702. The third kappa shape index (κ3) is 3.42. The van der Waals surface area contributed by atoms with Gasteiger partial charge < -0.3 is 14.7 Å².